The Bertz CT molecular complexity index is 812. The molecule has 0 saturated carbocycles. The van der Waals surface area contributed by atoms with E-state index in [9.17, 15) is 10.1 Å². The summed E-state index contributed by atoms with van der Waals surface area (Å²) < 4.78 is 0. The quantitative estimate of drug-likeness (QED) is 0.567. The van der Waals surface area contributed by atoms with Crippen LogP contribution in [0.15, 0.2) is 36.7 Å². The Balaban J connectivity index is 1.98. The molecule has 0 atom stereocenters. The average Bonchev–Trinajstić information content (AvgIpc) is 2.89. The third kappa shape index (κ3) is 2.40. The molecule has 0 bridgehead atoms. The van der Waals surface area contributed by atoms with E-state index in [0.717, 1.165) is 22.3 Å². The number of para-hydroxylation sites is 1. The number of aryl methyl sites for hydroxylation is 1. The summed E-state index contributed by atoms with van der Waals surface area (Å²) in [6.07, 6.45) is 3.33. The van der Waals surface area contributed by atoms with E-state index in [1.165, 1.54) is 6.07 Å². The summed E-state index contributed by atoms with van der Waals surface area (Å²) in [6, 6.07) is 6.75. The van der Waals surface area contributed by atoms with Crippen molar-refractivity contribution in [2.24, 2.45) is 0 Å². The van der Waals surface area contributed by atoms with E-state index >= 15 is 0 Å². The van der Waals surface area contributed by atoms with Crippen LogP contribution in [0, 0.1) is 17.0 Å². The normalized spacial score (nSPS) is 10.7. The number of rotatable bonds is 4. The maximum Gasteiger partial charge on any atom is 0.295 e. The molecule has 3 rings (SSSR count). The highest BCUT2D eigenvalue weighted by Gasteiger charge is 2.14. The van der Waals surface area contributed by atoms with Crippen molar-refractivity contribution in [3.8, 4) is 0 Å². The molecule has 2 N–H and O–H groups in total. The summed E-state index contributed by atoms with van der Waals surface area (Å²) >= 11 is 0. The topological polar surface area (TPSA) is 96.7 Å². The van der Waals surface area contributed by atoms with Gasteiger partial charge in [0.25, 0.3) is 5.69 Å². The average molecular weight is 283 g/mol. The van der Waals surface area contributed by atoms with Gasteiger partial charge in [0, 0.05) is 41.1 Å². The Morgan fingerprint density at radius 2 is 2.24 bits per heavy atom. The van der Waals surface area contributed by atoms with Gasteiger partial charge in [0.15, 0.2) is 0 Å². The highest BCUT2D eigenvalue weighted by molar-refractivity contribution is 5.96. The molecule has 0 aliphatic heterocycles. The van der Waals surface area contributed by atoms with Crippen LogP contribution in [-0.2, 0) is 6.54 Å². The molecule has 7 heteroatoms. The second-order valence-corrected chi connectivity index (χ2v) is 4.66. The molecule has 0 aliphatic carbocycles. The van der Waals surface area contributed by atoms with E-state index in [0.29, 0.717) is 12.1 Å². The molecule has 2 aromatic heterocycles. The molecule has 0 spiro atoms. The van der Waals surface area contributed by atoms with Crippen LogP contribution in [0.4, 0.5) is 11.4 Å². The predicted octanol–water partition coefficient (Wildman–Crippen LogP) is 2.79. The van der Waals surface area contributed by atoms with Gasteiger partial charge in [-0.05, 0) is 13.0 Å². The first-order chi connectivity index (χ1) is 10.2. The minimum atomic E-state index is -0.417. The van der Waals surface area contributed by atoms with Crippen molar-refractivity contribution in [3.05, 3.63) is 58.0 Å². The SMILES string of the molecule is Cc1[nH]ncc1CNc1ccnc2c([N+](=O)[O-])cccc12. The second kappa shape index (κ2) is 5.20. The zero-order valence-electron chi connectivity index (χ0n) is 11.3. The van der Waals surface area contributed by atoms with Crippen molar-refractivity contribution in [1.29, 1.82) is 0 Å². The molecule has 0 fully saturated rings. The summed E-state index contributed by atoms with van der Waals surface area (Å²) in [7, 11) is 0. The molecular weight excluding hydrogens is 270 g/mol. The molecule has 0 radical (unpaired) electrons. The Morgan fingerprint density at radius 1 is 1.38 bits per heavy atom. The Labute approximate surface area is 120 Å². The molecule has 106 valence electrons. The first-order valence-corrected chi connectivity index (χ1v) is 6.41. The van der Waals surface area contributed by atoms with Crippen molar-refractivity contribution < 1.29 is 4.92 Å². The lowest BCUT2D eigenvalue weighted by Crippen LogP contribution is -2.01. The number of H-pyrrole nitrogens is 1. The second-order valence-electron chi connectivity index (χ2n) is 4.66. The van der Waals surface area contributed by atoms with Crippen LogP contribution in [0.5, 0.6) is 0 Å². The molecule has 3 aromatic rings. The van der Waals surface area contributed by atoms with Gasteiger partial charge in [-0.3, -0.25) is 15.2 Å². The van der Waals surface area contributed by atoms with E-state index in [1.54, 1.807) is 18.5 Å². The number of benzene rings is 1. The minimum absolute atomic E-state index is 0.00985. The van der Waals surface area contributed by atoms with E-state index in [1.807, 2.05) is 19.1 Å². The Kier molecular flexibility index (Phi) is 3.23. The lowest BCUT2D eigenvalue weighted by atomic mass is 10.1. The Morgan fingerprint density at radius 3 is 2.95 bits per heavy atom. The number of nitro groups is 1. The van der Waals surface area contributed by atoms with Gasteiger partial charge < -0.3 is 5.32 Å². The fraction of sp³-hybridized carbons (Fsp3) is 0.143. The first kappa shape index (κ1) is 13.0. The van der Waals surface area contributed by atoms with Gasteiger partial charge in [-0.1, -0.05) is 12.1 Å². The largest absolute Gasteiger partial charge is 0.380 e. The number of nitrogens with zero attached hydrogens (tertiary/aromatic N) is 3. The highest BCUT2D eigenvalue weighted by atomic mass is 16.6. The lowest BCUT2D eigenvalue weighted by Gasteiger charge is -2.09. The van der Waals surface area contributed by atoms with Crippen molar-refractivity contribution in [1.82, 2.24) is 15.2 Å². The summed E-state index contributed by atoms with van der Waals surface area (Å²) in [5.74, 6) is 0. The number of nitro benzene ring substituents is 1. The van der Waals surface area contributed by atoms with Crippen LogP contribution in [0.25, 0.3) is 10.9 Å². The first-order valence-electron chi connectivity index (χ1n) is 6.41. The number of hydrogen-bond donors (Lipinski definition) is 2. The van der Waals surface area contributed by atoms with Crippen LogP contribution >= 0.6 is 0 Å². The summed E-state index contributed by atoms with van der Waals surface area (Å²) in [4.78, 5) is 14.8. The predicted molar refractivity (Wildman–Crippen MR) is 79.0 cm³/mol. The van der Waals surface area contributed by atoms with Crippen LogP contribution in [0.3, 0.4) is 0 Å². The van der Waals surface area contributed by atoms with Gasteiger partial charge in [0.1, 0.15) is 5.52 Å². The van der Waals surface area contributed by atoms with E-state index in [2.05, 4.69) is 20.5 Å². The van der Waals surface area contributed by atoms with Gasteiger partial charge in [0.05, 0.1) is 11.1 Å². The smallest absolute Gasteiger partial charge is 0.295 e. The molecule has 0 amide bonds. The number of fused-ring (bicyclic) bond motifs is 1. The van der Waals surface area contributed by atoms with Crippen molar-refractivity contribution in [2.75, 3.05) is 5.32 Å². The molecule has 7 nitrogen and oxygen atoms in total. The fourth-order valence-electron chi connectivity index (χ4n) is 2.21. The van der Waals surface area contributed by atoms with Crippen molar-refractivity contribution in [2.45, 2.75) is 13.5 Å². The van der Waals surface area contributed by atoms with Crippen LogP contribution < -0.4 is 5.32 Å². The highest BCUT2D eigenvalue weighted by Crippen LogP contribution is 2.28. The van der Waals surface area contributed by atoms with Gasteiger partial charge >= 0.3 is 0 Å². The third-order valence-electron chi connectivity index (χ3n) is 3.35. The Hall–Kier alpha value is -2.96. The fourth-order valence-corrected chi connectivity index (χ4v) is 2.21. The molecule has 0 saturated heterocycles. The summed E-state index contributed by atoms with van der Waals surface area (Å²) in [6.45, 7) is 2.53. The van der Waals surface area contributed by atoms with Crippen molar-refractivity contribution >= 4 is 22.3 Å². The van der Waals surface area contributed by atoms with E-state index < -0.39 is 4.92 Å². The van der Waals surface area contributed by atoms with Gasteiger partial charge in [-0.15, -0.1) is 0 Å². The summed E-state index contributed by atoms with van der Waals surface area (Å²) in [5.41, 5.74) is 3.24. The van der Waals surface area contributed by atoms with Gasteiger partial charge in [-0.25, -0.2) is 4.98 Å². The zero-order valence-corrected chi connectivity index (χ0v) is 11.3. The third-order valence-corrected chi connectivity index (χ3v) is 3.35. The zero-order chi connectivity index (χ0) is 14.8. The molecule has 2 heterocycles. The van der Waals surface area contributed by atoms with E-state index in [4.69, 9.17) is 0 Å². The number of non-ortho nitro benzene ring substituents is 1. The number of aromatic amines is 1. The molecule has 0 aliphatic rings. The lowest BCUT2D eigenvalue weighted by molar-refractivity contribution is -0.383. The van der Waals surface area contributed by atoms with Crippen LogP contribution in [0.2, 0.25) is 0 Å². The number of anilines is 1. The number of nitrogens with one attached hydrogen (secondary N) is 2. The number of aromatic nitrogens is 3. The van der Waals surface area contributed by atoms with Gasteiger partial charge in [-0.2, -0.15) is 5.10 Å². The van der Waals surface area contributed by atoms with Crippen molar-refractivity contribution in [3.63, 3.8) is 0 Å². The van der Waals surface area contributed by atoms with Crippen LogP contribution in [0.1, 0.15) is 11.3 Å². The van der Waals surface area contributed by atoms with E-state index in [-0.39, 0.29) is 5.69 Å². The maximum absolute atomic E-state index is 11.0. The van der Waals surface area contributed by atoms with Gasteiger partial charge in [0.2, 0.25) is 0 Å². The number of pyridine rings is 1. The molecule has 21 heavy (non-hydrogen) atoms. The molecule has 1 aromatic carbocycles. The standard InChI is InChI=1S/C14H13N5O2/c1-9-10(8-17-18-9)7-16-12-5-6-15-14-11(12)3-2-4-13(14)19(20)21/h2-6,8H,7H2,1H3,(H,15,16)(H,17,18). The monoisotopic (exact) mass is 283 g/mol. The minimum Gasteiger partial charge on any atom is -0.380 e. The summed E-state index contributed by atoms with van der Waals surface area (Å²) in [5, 5.41) is 21.9. The van der Waals surface area contributed by atoms with Crippen LogP contribution in [-0.4, -0.2) is 20.1 Å². The number of hydrogen-bond acceptors (Lipinski definition) is 5. The molecular formula is C14H13N5O2. The molecule has 0 unspecified atom stereocenters. The maximum atomic E-state index is 11.0.